The van der Waals surface area contributed by atoms with E-state index in [0.29, 0.717) is 18.5 Å². The van der Waals surface area contributed by atoms with Gasteiger partial charge in [0.2, 0.25) is 5.91 Å². The van der Waals surface area contributed by atoms with Crippen molar-refractivity contribution in [1.29, 1.82) is 0 Å². The van der Waals surface area contributed by atoms with Crippen LogP contribution in [0.1, 0.15) is 13.8 Å². The molecule has 2 aromatic rings. The lowest BCUT2D eigenvalue weighted by atomic mass is 10.2. The Morgan fingerprint density at radius 1 is 1.26 bits per heavy atom. The van der Waals surface area contributed by atoms with Gasteiger partial charge in [-0.3, -0.25) is 9.59 Å². The summed E-state index contributed by atoms with van der Waals surface area (Å²) in [5, 5.41) is 5.43. The van der Waals surface area contributed by atoms with E-state index in [1.807, 2.05) is 26.0 Å². The van der Waals surface area contributed by atoms with Crippen LogP contribution in [0.15, 0.2) is 35.3 Å². The second-order valence-electron chi connectivity index (χ2n) is 4.26. The van der Waals surface area contributed by atoms with Crippen molar-refractivity contribution in [2.45, 2.75) is 20.4 Å². The van der Waals surface area contributed by atoms with Gasteiger partial charge in [0.25, 0.3) is 5.56 Å². The van der Waals surface area contributed by atoms with E-state index < -0.39 is 0 Å². The summed E-state index contributed by atoms with van der Waals surface area (Å²) in [6.45, 7) is 5.09. The third-order valence-electron chi connectivity index (χ3n) is 3.16. The maximum atomic E-state index is 12.2. The van der Waals surface area contributed by atoms with Crippen molar-refractivity contribution in [2.24, 2.45) is 0 Å². The Morgan fingerprint density at radius 2 is 1.95 bits per heavy atom. The number of fused-ring (bicyclic) bond motifs is 1. The molecule has 1 heterocycles. The molecule has 0 spiro atoms. The summed E-state index contributed by atoms with van der Waals surface area (Å²) >= 11 is 0. The number of hydrogen-bond donors (Lipinski definition) is 0. The number of amides is 1. The van der Waals surface area contributed by atoms with Gasteiger partial charge < -0.3 is 4.90 Å². The zero-order valence-electron chi connectivity index (χ0n) is 11.2. The van der Waals surface area contributed by atoms with E-state index >= 15 is 0 Å². The van der Waals surface area contributed by atoms with E-state index in [-0.39, 0.29) is 18.0 Å². The van der Waals surface area contributed by atoms with Crippen LogP contribution in [0, 0.1) is 0 Å². The van der Waals surface area contributed by atoms with Gasteiger partial charge in [0, 0.05) is 18.5 Å². The van der Waals surface area contributed by atoms with Crippen molar-refractivity contribution in [3.8, 4) is 0 Å². The van der Waals surface area contributed by atoms with Gasteiger partial charge in [0.15, 0.2) is 0 Å². The molecule has 1 amide bonds. The Kier molecular flexibility index (Phi) is 3.94. The van der Waals surface area contributed by atoms with E-state index in [4.69, 9.17) is 0 Å². The second kappa shape index (κ2) is 5.65. The van der Waals surface area contributed by atoms with E-state index in [9.17, 15) is 9.59 Å². The lowest BCUT2D eigenvalue weighted by Crippen LogP contribution is -2.37. The summed E-state index contributed by atoms with van der Waals surface area (Å²) in [4.78, 5) is 25.9. The average molecular weight is 259 g/mol. The third kappa shape index (κ3) is 2.65. The van der Waals surface area contributed by atoms with Gasteiger partial charge in [-0.25, -0.2) is 4.68 Å². The summed E-state index contributed by atoms with van der Waals surface area (Å²) in [7, 11) is 0. The monoisotopic (exact) mass is 259 g/mol. The standard InChI is InChI=1S/C14H17N3O2/c1-3-16(4-2)13(18)10-17-14(19)12-8-6-5-7-11(12)9-15-17/h5-9H,3-4,10H2,1-2H3. The van der Waals surface area contributed by atoms with Crippen molar-refractivity contribution in [3.63, 3.8) is 0 Å². The quantitative estimate of drug-likeness (QED) is 0.830. The van der Waals surface area contributed by atoms with Crippen molar-refractivity contribution in [2.75, 3.05) is 13.1 Å². The fourth-order valence-electron chi connectivity index (χ4n) is 2.04. The minimum atomic E-state index is -0.224. The Hall–Kier alpha value is -2.17. The molecule has 19 heavy (non-hydrogen) atoms. The zero-order valence-corrected chi connectivity index (χ0v) is 11.2. The van der Waals surface area contributed by atoms with Crippen LogP contribution in [-0.2, 0) is 11.3 Å². The minimum Gasteiger partial charge on any atom is -0.342 e. The van der Waals surface area contributed by atoms with Gasteiger partial charge in [-0.2, -0.15) is 5.10 Å². The molecule has 0 radical (unpaired) electrons. The van der Waals surface area contributed by atoms with Gasteiger partial charge in [-0.05, 0) is 19.9 Å². The first kappa shape index (κ1) is 13.3. The fraction of sp³-hybridized carbons (Fsp3) is 0.357. The van der Waals surface area contributed by atoms with Crippen LogP contribution in [0.2, 0.25) is 0 Å². The molecule has 0 saturated heterocycles. The Morgan fingerprint density at radius 3 is 2.63 bits per heavy atom. The first-order chi connectivity index (χ1) is 9.17. The molecule has 0 aliphatic rings. The van der Waals surface area contributed by atoms with E-state index in [2.05, 4.69) is 5.10 Å². The highest BCUT2D eigenvalue weighted by Crippen LogP contribution is 2.06. The maximum Gasteiger partial charge on any atom is 0.275 e. The summed E-state index contributed by atoms with van der Waals surface area (Å²) < 4.78 is 1.23. The Balaban J connectivity index is 2.34. The molecule has 0 saturated carbocycles. The Labute approximate surface area is 111 Å². The topological polar surface area (TPSA) is 55.2 Å². The highest BCUT2D eigenvalue weighted by atomic mass is 16.2. The second-order valence-corrected chi connectivity index (χ2v) is 4.26. The molecule has 2 rings (SSSR count). The van der Waals surface area contributed by atoms with Crippen LogP contribution in [-0.4, -0.2) is 33.7 Å². The van der Waals surface area contributed by atoms with Crippen LogP contribution in [0.4, 0.5) is 0 Å². The first-order valence-electron chi connectivity index (χ1n) is 6.40. The zero-order chi connectivity index (χ0) is 13.8. The lowest BCUT2D eigenvalue weighted by molar-refractivity contribution is -0.131. The molecule has 1 aromatic carbocycles. The molecule has 0 N–H and O–H groups in total. The normalized spacial score (nSPS) is 10.6. The number of likely N-dealkylation sites (N-methyl/N-ethyl adjacent to an activating group) is 1. The molecule has 0 fully saturated rings. The van der Waals surface area contributed by atoms with E-state index in [1.54, 1.807) is 23.2 Å². The van der Waals surface area contributed by atoms with Gasteiger partial charge in [-0.15, -0.1) is 0 Å². The van der Waals surface area contributed by atoms with Crippen LogP contribution in [0.5, 0.6) is 0 Å². The van der Waals surface area contributed by atoms with Crippen molar-refractivity contribution >= 4 is 16.7 Å². The highest BCUT2D eigenvalue weighted by Gasteiger charge is 2.12. The number of hydrogen-bond acceptors (Lipinski definition) is 3. The number of nitrogens with zero attached hydrogens (tertiary/aromatic N) is 3. The first-order valence-corrected chi connectivity index (χ1v) is 6.40. The molecule has 0 atom stereocenters. The SMILES string of the molecule is CCN(CC)C(=O)Cn1ncc2ccccc2c1=O. The van der Waals surface area contributed by atoms with Crippen molar-refractivity contribution in [3.05, 3.63) is 40.8 Å². The number of carbonyl (C=O) groups is 1. The fourth-order valence-corrected chi connectivity index (χ4v) is 2.04. The van der Waals surface area contributed by atoms with Crippen molar-refractivity contribution in [1.82, 2.24) is 14.7 Å². The number of benzene rings is 1. The van der Waals surface area contributed by atoms with E-state index in [0.717, 1.165) is 5.39 Å². The average Bonchev–Trinajstić information content (AvgIpc) is 2.43. The van der Waals surface area contributed by atoms with Gasteiger partial charge in [-0.1, -0.05) is 18.2 Å². The molecular weight excluding hydrogens is 242 g/mol. The van der Waals surface area contributed by atoms with Crippen LogP contribution < -0.4 is 5.56 Å². The summed E-state index contributed by atoms with van der Waals surface area (Å²) in [6, 6.07) is 7.24. The Bertz CT molecular complexity index is 644. The van der Waals surface area contributed by atoms with Gasteiger partial charge in [0.1, 0.15) is 6.54 Å². The molecule has 5 nitrogen and oxygen atoms in total. The molecule has 0 aliphatic heterocycles. The van der Waals surface area contributed by atoms with Crippen LogP contribution in [0.25, 0.3) is 10.8 Å². The minimum absolute atomic E-state index is 0.00858. The third-order valence-corrected chi connectivity index (χ3v) is 3.16. The van der Waals surface area contributed by atoms with Crippen LogP contribution in [0.3, 0.4) is 0 Å². The van der Waals surface area contributed by atoms with Gasteiger partial charge in [0.05, 0.1) is 11.6 Å². The molecule has 100 valence electrons. The summed E-state index contributed by atoms with van der Waals surface area (Å²) in [5.41, 5.74) is -0.224. The smallest absolute Gasteiger partial charge is 0.275 e. The molecule has 0 aliphatic carbocycles. The number of carbonyl (C=O) groups excluding carboxylic acids is 1. The van der Waals surface area contributed by atoms with Gasteiger partial charge >= 0.3 is 0 Å². The molecule has 0 bridgehead atoms. The number of rotatable bonds is 4. The maximum absolute atomic E-state index is 12.2. The molecule has 0 unspecified atom stereocenters. The number of aromatic nitrogens is 2. The highest BCUT2D eigenvalue weighted by molar-refractivity contribution is 5.81. The predicted octanol–water partition coefficient (Wildman–Crippen LogP) is 1.26. The van der Waals surface area contributed by atoms with Crippen molar-refractivity contribution < 1.29 is 4.79 Å². The predicted molar refractivity (Wildman–Crippen MR) is 73.9 cm³/mol. The molecular formula is C14H17N3O2. The van der Waals surface area contributed by atoms with E-state index in [1.165, 1.54) is 4.68 Å². The molecule has 1 aromatic heterocycles. The lowest BCUT2D eigenvalue weighted by Gasteiger charge is -2.18. The molecule has 5 heteroatoms. The van der Waals surface area contributed by atoms with Crippen LogP contribution >= 0.6 is 0 Å². The summed E-state index contributed by atoms with van der Waals surface area (Å²) in [6.07, 6.45) is 1.62. The summed E-state index contributed by atoms with van der Waals surface area (Å²) in [5.74, 6) is -0.0881. The largest absolute Gasteiger partial charge is 0.342 e.